The summed E-state index contributed by atoms with van der Waals surface area (Å²) in [5.41, 5.74) is 0.508. The Labute approximate surface area is 104 Å². The number of ether oxygens (including phenoxy) is 1. The fraction of sp³-hybridized carbons (Fsp3) is 0.417. The van der Waals surface area contributed by atoms with Gasteiger partial charge >= 0.3 is 5.97 Å². The normalized spacial score (nSPS) is 11.2. The molecule has 88 valence electrons. The first-order chi connectivity index (χ1) is 7.38. The van der Waals surface area contributed by atoms with Crippen LogP contribution in [0.4, 0.5) is 0 Å². The Morgan fingerprint density at radius 2 is 2.12 bits per heavy atom. The van der Waals surface area contributed by atoms with E-state index in [1.54, 1.807) is 7.11 Å². The van der Waals surface area contributed by atoms with Gasteiger partial charge in [0.2, 0.25) is 0 Å². The van der Waals surface area contributed by atoms with Crippen LogP contribution >= 0.6 is 15.9 Å². The third kappa shape index (κ3) is 2.76. The van der Waals surface area contributed by atoms with Gasteiger partial charge < -0.3 is 9.84 Å². The topological polar surface area (TPSA) is 46.5 Å². The van der Waals surface area contributed by atoms with Crippen LogP contribution in [0.3, 0.4) is 0 Å². The SMILES string of the molecule is COc1cccc(C(C)(C)CC(=O)O)c1Br. The van der Waals surface area contributed by atoms with Crippen molar-refractivity contribution >= 4 is 21.9 Å². The fourth-order valence-electron chi connectivity index (χ4n) is 1.66. The van der Waals surface area contributed by atoms with Crippen LogP contribution in [-0.2, 0) is 10.2 Å². The van der Waals surface area contributed by atoms with Crippen LogP contribution in [0.25, 0.3) is 0 Å². The van der Waals surface area contributed by atoms with Crippen LogP contribution in [0.15, 0.2) is 22.7 Å². The number of hydrogen-bond acceptors (Lipinski definition) is 2. The van der Waals surface area contributed by atoms with Gasteiger partial charge in [-0.15, -0.1) is 0 Å². The minimum atomic E-state index is -0.806. The number of methoxy groups -OCH3 is 1. The number of halogens is 1. The molecule has 0 heterocycles. The van der Waals surface area contributed by atoms with E-state index in [1.165, 1.54) is 0 Å². The Bertz CT molecular complexity index is 399. The van der Waals surface area contributed by atoms with E-state index in [1.807, 2.05) is 32.0 Å². The van der Waals surface area contributed by atoms with Crippen molar-refractivity contribution in [1.82, 2.24) is 0 Å². The molecule has 3 nitrogen and oxygen atoms in total. The van der Waals surface area contributed by atoms with Crippen molar-refractivity contribution in [1.29, 1.82) is 0 Å². The minimum absolute atomic E-state index is 0.0821. The molecule has 4 heteroatoms. The molecule has 0 radical (unpaired) electrons. The first-order valence-corrected chi connectivity index (χ1v) is 5.72. The van der Waals surface area contributed by atoms with Crippen molar-refractivity contribution < 1.29 is 14.6 Å². The molecule has 16 heavy (non-hydrogen) atoms. The van der Waals surface area contributed by atoms with Crippen molar-refractivity contribution in [2.75, 3.05) is 7.11 Å². The van der Waals surface area contributed by atoms with E-state index in [0.29, 0.717) is 0 Å². The van der Waals surface area contributed by atoms with Crippen LogP contribution < -0.4 is 4.74 Å². The Hall–Kier alpha value is -1.03. The van der Waals surface area contributed by atoms with E-state index < -0.39 is 11.4 Å². The maximum Gasteiger partial charge on any atom is 0.304 e. The summed E-state index contributed by atoms with van der Waals surface area (Å²) in [5, 5.41) is 8.88. The summed E-state index contributed by atoms with van der Waals surface area (Å²) in [6, 6.07) is 5.61. The van der Waals surface area contributed by atoms with Gasteiger partial charge in [0.05, 0.1) is 18.0 Å². The number of carboxylic acids is 1. The molecule has 1 aromatic carbocycles. The minimum Gasteiger partial charge on any atom is -0.496 e. The molecule has 0 atom stereocenters. The van der Waals surface area contributed by atoms with Crippen molar-refractivity contribution in [3.63, 3.8) is 0 Å². The fourth-order valence-corrected chi connectivity index (χ4v) is 2.63. The number of carboxylic acid groups (broad SMARTS) is 1. The Morgan fingerprint density at radius 3 is 2.62 bits per heavy atom. The summed E-state index contributed by atoms with van der Waals surface area (Å²) in [6.45, 7) is 3.81. The van der Waals surface area contributed by atoms with Crippen LogP contribution in [0.5, 0.6) is 5.75 Å². The number of carbonyl (C=O) groups is 1. The van der Waals surface area contributed by atoms with Gasteiger partial charge in [-0.2, -0.15) is 0 Å². The zero-order valence-electron chi connectivity index (χ0n) is 9.58. The molecule has 0 aliphatic carbocycles. The van der Waals surface area contributed by atoms with Crippen molar-refractivity contribution in [2.45, 2.75) is 25.7 Å². The maximum atomic E-state index is 10.8. The molecule has 0 saturated carbocycles. The third-order valence-electron chi connectivity index (χ3n) is 2.51. The summed E-state index contributed by atoms with van der Waals surface area (Å²) < 4.78 is 6.01. The largest absolute Gasteiger partial charge is 0.496 e. The lowest BCUT2D eigenvalue weighted by molar-refractivity contribution is -0.138. The molecule has 0 aliphatic rings. The van der Waals surface area contributed by atoms with Gasteiger partial charge in [-0.25, -0.2) is 0 Å². The van der Waals surface area contributed by atoms with E-state index in [9.17, 15) is 4.79 Å². The molecule has 0 spiro atoms. The second kappa shape index (κ2) is 4.87. The number of hydrogen-bond donors (Lipinski definition) is 1. The highest BCUT2D eigenvalue weighted by atomic mass is 79.9. The van der Waals surface area contributed by atoms with E-state index in [0.717, 1.165) is 15.8 Å². The predicted molar refractivity (Wildman–Crippen MR) is 66.0 cm³/mol. The van der Waals surface area contributed by atoms with Crippen molar-refractivity contribution in [2.24, 2.45) is 0 Å². The third-order valence-corrected chi connectivity index (χ3v) is 3.32. The quantitative estimate of drug-likeness (QED) is 0.925. The van der Waals surface area contributed by atoms with Gasteiger partial charge in [0.15, 0.2) is 0 Å². The molecule has 0 aromatic heterocycles. The molecular formula is C12H15BrO3. The average molecular weight is 287 g/mol. The van der Waals surface area contributed by atoms with Crippen LogP contribution in [0, 0.1) is 0 Å². The Kier molecular flexibility index (Phi) is 3.97. The van der Waals surface area contributed by atoms with E-state index in [-0.39, 0.29) is 6.42 Å². The first-order valence-electron chi connectivity index (χ1n) is 4.93. The lowest BCUT2D eigenvalue weighted by Gasteiger charge is -2.25. The molecule has 1 aromatic rings. The van der Waals surface area contributed by atoms with Crippen LogP contribution in [-0.4, -0.2) is 18.2 Å². The summed E-state index contributed by atoms with van der Waals surface area (Å²) in [6.07, 6.45) is 0.0821. The molecule has 0 saturated heterocycles. The van der Waals surface area contributed by atoms with Gasteiger partial charge in [0.25, 0.3) is 0 Å². The smallest absolute Gasteiger partial charge is 0.304 e. The van der Waals surface area contributed by atoms with Gasteiger partial charge in [0, 0.05) is 5.41 Å². The first kappa shape index (κ1) is 13.0. The highest BCUT2D eigenvalue weighted by Gasteiger charge is 2.27. The number of aliphatic carboxylic acids is 1. The van der Waals surface area contributed by atoms with Crippen LogP contribution in [0.2, 0.25) is 0 Å². The van der Waals surface area contributed by atoms with Gasteiger partial charge in [-0.1, -0.05) is 26.0 Å². The Balaban J connectivity index is 3.17. The molecule has 0 unspecified atom stereocenters. The lowest BCUT2D eigenvalue weighted by atomic mass is 9.81. The summed E-state index contributed by atoms with van der Waals surface area (Å²) in [7, 11) is 1.59. The van der Waals surface area contributed by atoms with Gasteiger partial charge in [-0.05, 0) is 27.6 Å². The monoisotopic (exact) mass is 286 g/mol. The van der Waals surface area contributed by atoms with Crippen molar-refractivity contribution in [3.8, 4) is 5.75 Å². The molecular weight excluding hydrogens is 272 g/mol. The summed E-state index contributed by atoms with van der Waals surface area (Å²) in [5.74, 6) is -0.0873. The standard InChI is InChI=1S/C12H15BrO3/c1-12(2,7-10(14)15)8-5-4-6-9(16-3)11(8)13/h4-6H,7H2,1-3H3,(H,14,15). The zero-order chi connectivity index (χ0) is 12.3. The number of rotatable bonds is 4. The average Bonchev–Trinajstić information content (AvgIpc) is 2.15. The zero-order valence-corrected chi connectivity index (χ0v) is 11.2. The van der Waals surface area contributed by atoms with Gasteiger partial charge in [0.1, 0.15) is 5.75 Å². The molecule has 1 N–H and O–H groups in total. The van der Waals surface area contributed by atoms with Crippen molar-refractivity contribution in [3.05, 3.63) is 28.2 Å². The number of benzene rings is 1. The second-order valence-corrected chi connectivity index (χ2v) is 5.07. The highest BCUT2D eigenvalue weighted by molar-refractivity contribution is 9.10. The van der Waals surface area contributed by atoms with Gasteiger partial charge in [-0.3, -0.25) is 4.79 Å². The molecule has 0 amide bonds. The van der Waals surface area contributed by atoms with Crippen LogP contribution in [0.1, 0.15) is 25.8 Å². The Morgan fingerprint density at radius 1 is 1.50 bits per heavy atom. The highest BCUT2D eigenvalue weighted by Crippen LogP contribution is 2.37. The lowest BCUT2D eigenvalue weighted by Crippen LogP contribution is -2.22. The molecule has 0 aliphatic heterocycles. The van der Waals surface area contributed by atoms with E-state index >= 15 is 0 Å². The summed E-state index contributed by atoms with van der Waals surface area (Å²) >= 11 is 3.45. The predicted octanol–water partition coefficient (Wildman–Crippen LogP) is 3.21. The molecule has 1 rings (SSSR count). The molecule has 0 fully saturated rings. The maximum absolute atomic E-state index is 10.8. The summed E-state index contributed by atoms with van der Waals surface area (Å²) in [4.78, 5) is 10.8. The molecule has 0 bridgehead atoms. The van der Waals surface area contributed by atoms with E-state index in [4.69, 9.17) is 9.84 Å². The van der Waals surface area contributed by atoms with E-state index in [2.05, 4.69) is 15.9 Å². The second-order valence-electron chi connectivity index (χ2n) is 4.28.